The molecule has 112 heavy (non-hydrogen) atoms. The van der Waals surface area contributed by atoms with Crippen molar-refractivity contribution in [3.8, 4) is 5.75 Å². The van der Waals surface area contributed by atoms with Crippen LogP contribution in [-0.4, -0.2) is 131 Å². The second kappa shape index (κ2) is 28.0. The molecule has 12 aromatic carbocycles. The lowest BCUT2D eigenvalue weighted by Gasteiger charge is -2.47. The van der Waals surface area contributed by atoms with E-state index in [0.717, 1.165) is 39.6 Å². The highest BCUT2D eigenvalue weighted by Crippen LogP contribution is 2.56. The summed E-state index contributed by atoms with van der Waals surface area (Å²) in [5.74, 6) is -0.697. The van der Waals surface area contributed by atoms with Gasteiger partial charge in [0.1, 0.15) is 28.5 Å². The Morgan fingerprint density at radius 3 is 0.991 bits per heavy atom. The van der Waals surface area contributed by atoms with Gasteiger partial charge < -0.3 is 4.74 Å². The van der Waals surface area contributed by atoms with Gasteiger partial charge in [0.25, 0.3) is 0 Å². The van der Waals surface area contributed by atoms with Gasteiger partial charge in [-0.1, -0.05) is 164 Å². The molecule has 3 unspecified atom stereocenters. The van der Waals surface area contributed by atoms with Gasteiger partial charge in [-0.05, 0) is 179 Å². The van der Waals surface area contributed by atoms with Gasteiger partial charge in [0, 0.05) is 101 Å². The van der Waals surface area contributed by atoms with Crippen LogP contribution < -0.4 is 23.1 Å². The molecule has 558 valence electrons. The minimum Gasteiger partial charge on any atom is -0.326 e. The molecule has 11 nitrogen and oxygen atoms in total. The molecule has 0 saturated heterocycles. The van der Waals surface area contributed by atoms with Crippen LogP contribution >= 0.6 is 11.8 Å². The third kappa shape index (κ3) is 11.8. The average Bonchev–Trinajstić information content (AvgIpc) is 0.684. The highest BCUT2D eigenvalue weighted by atomic mass is 32.2. The fourth-order valence-electron chi connectivity index (χ4n) is 19.9. The fraction of sp³-hybridized carbons (Fsp3) is 0.220. The van der Waals surface area contributed by atoms with Gasteiger partial charge >= 0.3 is 17.0 Å². The highest BCUT2D eigenvalue weighted by molar-refractivity contribution is 8.00. The van der Waals surface area contributed by atoms with Crippen LogP contribution in [0.2, 0.25) is 0 Å². The molecule has 0 aliphatic carbocycles. The van der Waals surface area contributed by atoms with Crippen LogP contribution in [0.25, 0.3) is 0 Å². The Balaban J connectivity index is 0.000000127. The van der Waals surface area contributed by atoms with E-state index >= 15 is 0 Å². The zero-order valence-corrected chi connectivity index (χ0v) is 69.3. The van der Waals surface area contributed by atoms with Crippen molar-refractivity contribution in [3.63, 3.8) is 0 Å². The number of para-hydroxylation sites is 6. The molecule has 12 aromatic rings. The van der Waals surface area contributed by atoms with Gasteiger partial charge in [-0.15, -0.1) is 4.48 Å². The monoisotopic (exact) mass is 1490 g/mol. The van der Waals surface area contributed by atoms with Crippen molar-refractivity contribution >= 4 is 106 Å². The maximum Gasteiger partial charge on any atom is 0.677 e. The molecule has 0 N–H and O–H groups in total. The van der Waals surface area contributed by atoms with Crippen LogP contribution in [0.15, 0.2) is 260 Å². The van der Waals surface area contributed by atoms with E-state index in [-0.39, 0.29) is 0 Å². The number of rotatable bonds is 6. The molecule has 6 aliphatic rings. The predicted molar refractivity (Wildman–Crippen MR) is 469 cm³/mol. The summed E-state index contributed by atoms with van der Waals surface area (Å²) in [6.45, 7) is 26.4. The smallest absolute Gasteiger partial charge is 0.326 e. The number of nitrogens with zero attached hydrogens (tertiary/aromatic N) is 10. The lowest BCUT2D eigenvalue weighted by atomic mass is 9.96. The van der Waals surface area contributed by atoms with Crippen molar-refractivity contribution in [2.24, 2.45) is 0 Å². The average molecular weight is 1500 g/mol. The van der Waals surface area contributed by atoms with Crippen LogP contribution in [0.1, 0.15) is 100 Å². The lowest BCUT2D eigenvalue weighted by molar-refractivity contribution is -0.835. The van der Waals surface area contributed by atoms with Crippen LogP contribution in [0, 0.1) is 83.1 Å². The molecule has 6 heterocycles. The van der Waals surface area contributed by atoms with Crippen LogP contribution in [0.4, 0.5) is 56.9 Å². The summed E-state index contributed by atoms with van der Waals surface area (Å²) in [6.07, 6.45) is 14.0. The Labute approximate surface area is 667 Å². The van der Waals surface area contributed by atoms with E-state index in [1.54, 1.807) is 0 Å². The SMILES string of the molecule is Cc1cc(C)c2c(c1)C=[N+](c1ccccc1)C1(N2C)[N+](c2ccccc2)=Cc2cc(C)cc(C)c2[N+]1(C)C.Cc1cc(C)c2c(c1)C=[N+](c1ccccc1)C1(O2)[N+](c2ccccc2)=Cc2cc(C)cc(C)c2[N+]1(C)C.Cc1cc(C)c2c(c1)C=[N+](c1ccccc1)C1(S2)[N+](c2ccccc2)=Cc2cc(C)cc(C)c2[N+]1(C)C. The summed E-state index contributed by atoms with van der Waals surface area (Å²) < 4.78 is 23.8. The van der Waals surface area contributed by atoms with E-state index < -0.39 is 17.0 Å². The second-order valence-corrected chi connectivity index (χ2v) is 34.1. The molecule has 0 saturated carbocycles. The molecule has 12 heteroatoms. The number of anilines is 1. The number of fused-ring (bicyclic) bond motifs is 6. The van der Waals surface area contributed by atoms with E-state index in [1.807, 2.05) is 11.8 Å². The first kappa shape index (κ1) is 74.6. The maximum absolute atomic E-state index is 7.40. The topological polar surface area (TPSA) is 30.5 Å². The zero-order valence-electron chi connectivity index (χ0n) is 68.5. The van der Waals surface area contributed by atoms with Gasteiger partial charge in [0.2, 0.25) is 40.3 Å². The first-order valence-electron chi connectivity index (χ1n) is 39.1. The summed E-state index contributed by atoms with van der Waals surface area (Å²) in [4.78, 5) is 3.85. The lowest BCUT2D eigenvalue weighted by Crippen LogP contribution is -2.80. The van der Waals surface area contributed by atoms with Crippen molar-refractivity contribution < 1.29 is 32.2 Å². The molecule has 0 bridgehead atoms. The number of ether oxygens (including phenoxy) is 1. The predicted octanol–water partition coefficient (Wildman–Crippen LogP) is 21.0. The Hall–Kier alpha value is -11.5. The molecule has 3 atom stereocenters. The Morgan fingerprint density at radius 1 is 0.286 bits per heavy atom. The fourth-order valence-corrected chi connectivity index (χ4v) is 21.4. The number of quaternary nitrogens is 3. The summed E-state index contributed by atoms with van der Waals surface area (Å²) >= 11 is 1.97. The van der Waals surface area contributed by atoms with Crippen molar-refractivity contribution in [2.75, 3.05) is 54.2 Å². The Morgan fingerprint density at radius 2 is 0.571 bits per heavy atom. The first-order chi connectivity index (χ1) is 53.6. The van der Waals surface area contributed by atoms with Crippen molar-refractivity contribution in [2.45, 2.75) is 105 Å². The number of benzene rings is 12. The third-order valence-corrected chi connectivity index (χ3v) is 25.5. The van der Waals surface area contributed by atoms with Crippen molar-refractivity contribution in [1.82, 2.24) is 13.4 Å². The van der Waals surface area contributed by atoms with Gasteiger partial charge in [0.15, 0.2) is 53.9 Å². The van der Waals surface area contributed by atoms with E-state index in [0.29, 0.717) is 13.4 Å². The molecule has 6 aliphatic heterocycles. The number of hydrogen-bond acceptors (Lipinski definition) is 3. The number of aryl methyl sites for hydroxylation is 12. The molecule has 18 rings (SSSR count). The van der Waals surface area contributed by atoms with Crippen LogP contribution in [0.5, 0.6) is 5.75 Å². The van der Waals surface area contributed by atoms with E-state index in [1.165, 1.54) is 128 Å². The number of hydrogen-bond donors (Lipinski definition) is 0. The summed E-state index contributed by atoms with van der Waals surface area (Å²) in [5, 5.41) is -0.539. The molecular weight excluding hydrogens is 1390 g/mol. The largest absolute Gasteiger partial charge is 0.677 e. The van der Waals surface area contributed by atoms with E-state index in [9.17, 15) is 0 Å². The minimum atomic E-state index is -0.956. The molecular formula is C100H105N10OS+9. The van der Waals surface area contributed by atoms with Gasteiger partial charge in [-0.3, -0.25) is 0 Å². The standard InChI is InChI=1S/C34H37N4.C33H34N3O.C33H34N3S/c1-24-18-26(3)32-28(20-24)22-36(30-14-10-8-11-15-30)34(35(32)5)37(31-16-12-9-13-17-31)23-29-21-25(2)19-27(4)33(29)38(34,6)7;2*1-23-17-25(3)31-27(19-23)21-34(29-13-9-7-10-14-29)33(36(31,5)6)35(30-15-11-8-12-16-30)22-28-20-24(2)18-26(4)32(28)37-33/h8-23H,1-7H3;2*7-22H,1-6H3/q3*+3. The Bertz CT molecular complexity index is 5600. The van der Waals surface area contributed by atoms with Crippen LogP contribution in [-0.2, 0) is 0 Å². The summed E-state index contributed by atoms with van der Waals surface area (Å²) in [5.41, 5.74) is 34.6. The summed E-state index contributed by atoms with van der Waals surface area (Å²) in [7, 11) is 16.3. The van der Waals surface area contributed by atoms with Gasteiger partial charge in [0.05, 0.1) is 64.7 Å². The van der Waals surface area contributed by atoms with Crippen molar-refractivity contribution in [1.29, 1.82) is 0 Å². The van der Waals surface area contributed by atoms with Crippen molar-refractivity contribution in [3.05, 3.63) is 355 Å². The quantitative estimate of drug-likeness (QED) is 0.123. The third-order valence-electron chi connectivity index (χ3n) is 23.7. The normalized spacial score (nSPS) is 19.5. The van der Waals surface area contributed by atoms with Gasteiger partial charge in [-0.25, -0.2) is 0 Å². The van der Waals surface area contributed by atoms with Gasteiger partial charge in [-0.2, -0.15) is 13.9 Å². The number of thioether (sulfide) groups is 1. The minimum absolute atomic E-state index is 0.470. The molecule has 0 radical (unpaired) electrons. The molecule has 3 spiro atoms. The summed E-state index contributed by atoms with van der Waals surface area (Å²) in [6, 6.07) is 92.0. The molecule has 0 aromatic heterocycles. The molecule has 0 fully saturated rings. The molecule has 0 amide bonds. The highest BCUT2D eigenvalue weighted by Gasteiger charge is 2.78. The van der Waals surface area contributed by atoms with E-state index in [4.69, 9.17) is 4.74 Å². The zero-order chi connectivity index (χ0) is 78.7. The van der Waals surface area contributed by atoms with E-state index in [2.05, 4.69) is 457 Å². The Kier molecular flexibility index (Phi) is 18.7. The van der Waals surface area contributed by atoms with Crippen LogP contribution in [0.3, 0.4) is 0 Å². The first-order valence-corrected chi connectivity index (χ1v) is 39.9. The maximum atomic E-state index is 7.40. The second-order valence-electron chi connectivity index (χ2n) is 33.0.